The molecule has 0 bridgehead atoms. The summed E-state index contributed by atoms with van der Waals surface area (Å²) >= 11 is 0. The molecular weight excluding hydrogens is 480 g/mol. The maximum Gasteiger partial charge on any atom is 0.408 e. The van der Waals surface area contributed by atoms with Gasteiger partial charge >= 0.3 is 6.09 Å². The van der Waals surface area contributed by atoms with Gasteiger partial charge in [-0.1, -0.05) is 18.2 Å². The summed E-state index contributed by atoms with van der Waals surface area (Å²) in [5.41, 5.74) is 3.75. The number of fused-ring (bicyclic) bond motifs is 1. The number of pyridine rings is 1. The number of rotatable bonds is 5. The Labute approximate surface area is 219 Å². The summed E-state index contributed by atoms with van der Waals surface area (Å²) in [7, 11) is 0. The molecular formula is C28H28N8O2. The number of benzene rings is 1. The van der Waals surface area contributed by atoms with Crippen molar-refractivity contribution in [3.05, 3.63) is 72.8 Å². The molecule has 0 radical (unpaired) electrons. The van der Waals surface area contributed by atoms with E-state index in [0.717, 1.165) is 41.8 Å². The van der Waals surface area contributed by atoms with Crippen molar-refractivity contribution < 1.29 is 9.53 Å². The van der Waals surface area contributed by atoms with E-state index in [9.17, 15) is 4.79 Å². The van der Waals surface area contributed by atoms with E-state index in [1.807, 2.05) is 55.7 Å². The summed E-state index contributed by atoms with van der Waals surface area (Å²) in [6, 6.07) is 13.9. The van der Waals surface area contributed by atoms with E-state index in [0.29, 0.717) is 22.8 Å². The Bertz CT molecular complexity index is 1580. The number of amides is 1. The fourth-order valence-corrected chi connectivity index (χ4v) is 4.74. The van der Waals surface area contributed by atoms with Crippen molar-refractivity contribution >= 4 is 17.3 Å². The van der Waals surface area contributed by atoms with Crippen LogP contribution in [0, 0.1) is 0 Å². The number of carbonyl (C=O) groups is 1. The molecule has 0 saturated heterocycles. The third-order valence-corrected chi connectivity index (χ3v) is 6.68. The van der Waals surface area contributed by atoms with Crippen LogP contribution in [0.2, 0.25) is 0 Å². The second-order valence-corrected chi connectivity index (χ2v) is 10.5. The van der Waals surface area contributed by atoms with Gasteiger partial charge in [0.25, 0.3) is 0 Å². The summed E-state index contributed by atoms with van der Waals surface area (Å²) in [6.45, 7) is 5.60. The van der Waals surface area contributed by atoms with Crippen molar-refractivity contribution in [3.63, 3.8) is 0 Å². The lowest BCUT2D eigenvalue weighted by Gasteiger charge is -2.43. The smallest absolute Gasteiger partial charge is 0.408 e. The molecule has 10 nitrogen and oxygen atoms in total. The van der Waals surface area contributed by atoms with E-state index in [1.165, 1.54) is 0 Å². The monoisotopic (exact) mass is 508 g/mol. The first-order valence-electron chi connectivity index (χ1n) is 12.6. The Morgan fingerprint density at radius 1 is 1.05 bits per heavy atom. The summed E-state index contributed by atoms with van der Waals surface area (Å²) in [6.07, 6.45) is 9.27. The molecule has 0 spiro atoms. The molecule has 1 saturated carbocycles. The average molecular weight is 509 g/mol. The average Bonchev–Trinajstić information content (AvgIpc) is 3.54. The van der Waals surface area contributed by atoms with Gasteiger partial charge in [0.1, 0.15) is 16.8 Å². The molecule has 1 amide bonds. The zero-order valence-electron chi connectivity index (χ0n) is 21.5. The number of imidazole rings is 1. The van der Waals surface area contributed by atoms with Crippen molar-refractivity contribution in [1.29, 1.82) is 0 Å². The number of H-pyrrole nitrogens is 1. The summed E-state index contributed by atoms with van der Waals surface area (Å²) in [4.78, 5) is 31.3. The van der Waals surface area contributed by atoms with Gasteiger partial charge < -0.3 is 10.1 Å². The van der Waals surface area contributed by atoms with Crippen LogP contribution in [0.1, 0.15) is 45.6 Å². The topological polar surface area (TPSA) is 123 Å². The molecule has 192 valence electrons. The fraction of sp³-hybridized carbons (Fsp3) is 0.286. The van der Waals surface area contributed by atoms with Crippen LogP contribution in [0.5, 0.6) is 0 Å². The van der Waals surface area contributed by atoms with Gasteiger partial charge in [0.2, 0.25) is 0 Å². The molecule has 10 heteroatoms. The van der Waals surface area contributed by atoms with Crippen LogP contribution in [0.3, 0.4) is 0 Å². The Morgan fingerprint density at radius 2 is 1.87 bits per heavy atom. The van der Waals surface area contributed by atoms with E-state index in [4.69, 9.17) is 14.7 Å². The van der Waals surface area contributed by atoms with Crippen molar-refractivity contribution in [2.45, 2.75) is 51.2 Å². The molecule has 4 aromatic heterocycles. The highest BCUT2D eigenvalue weighted by Crippen LogP contribution is 2.42. The summed E-state index contributed by atoms with van der Waals surface area (Å²) in [5, 5.41) is 9.96. The molecule has 0 aliphatic heterocycles. The number of hydrogen-bond donors (Lipinski definition) is 2. The van der Waals surface area contributed by atoms with Crippen molar-refractivity contribution in [1.82, 2.24) is 40.0 Å². The minimum atomic E-state index is -0.555. The van der Waals surface area contributed by atoms with E-state index in [2.05, 4.69) is 37.6 Å². The first kappa shape index (κ1) is 23.8. The molecule has 5 aromatic rings. The highest BCUT2D eigenvalue weighted by atomic mass is 16.6. The van der Waals surface area contributed by atoms with Gasteiger partial charge in [0.15, 0.2) is 17.3 Å². The maximum atomic E-state index is 12.6. The normalized spacial score (nSPS) is 14.7. The second-order valence-electron chi connectivity index (χ2n) is 10.5. The van der Waals surface area contributed by atoms with Crippen molar-refractivity contribution in [3.8, 4) is 28.6 Å². The lowest BCUT2D eigenvalue weighted by atomic mass is 9.72. The van der Waals surface area contributed by atoms with E-state index >= 15 is 0 Å². The van der Waals surface area contributed by atoms with Gasteiger partial charge in [0, 0.05) is 18.1 Å². The number of nitrogens with zero attached hydrogens (tertiary/aromatic N) is 6. The summed E-state index contributed by atoms with van der Waals surface area (Å²) < 4.78 is 7.53. The molecule has 4 heterocycles. The van der Waals surface area contributed by atoms with Gasteiger partial charge in [0.05, 0.1) is 23.5 Å². The highest BCUT2D eigenvalue weighted by molar-refractivity contribution is 5.80. The van der Waals surface area contributed by atoms with Crippen LogP contribution in [-0.2, 0) is 10.3 Å². The number of aromatic amines is 1. The molecule has 1 aliphatic carbocycles. The lowest BCUT2D eigenvalue weighted by Crippen LogP contribution is -2.52. The number of aromatic nitrogens is 7. The van der Waals surface area contributed by atoms with Crippen LogP contribution in [0.4, 0.5) is 4.79 Å². The number of alkyl carbamates (subject to hydrolysis) is 1. The Balaban J connectivity index is 1.41. The fourth-order valence-electron chi connectivity index (χ4n) is 4.74. The van der Waals surface area contributed by atoms with E-state index in [-0.39, 0.29) is 0 Å². The van der Waals surface area contributed by atoms with Gasteiger partial charge in [-0.05, 0) is 69.9 Å². The highest BCUT2D eigenvalue weighted by Gasteiger charge is 2.41. The number of nitrogens with one attached hydrogen (secondary N) is 2. The number of ether oxygens (including phenoxy) is 1. The predicted octanol–water partition coefficient (Wildman–Crippen LogP) is 5.17. The third-order valence-electron chi connectivity index (χ3n) is 6.68. The Kier molecular flexibility index (Phi) is 5.67. The number of carbonyl (C=O) groups excluding carboxylic acids is 1. The molecule has 1 aliphatic rings. The molecule has 0 atom stereocenters. The minimum Gasteiger partial charge on any atom is -0.444 e. The second kappa shape index (κ2) is 9.05. The first-order chi connectivity index (χ1) is 18.3. The third kappa shape index (κ3) is 4.38. The molecule has 2 N–H and O–H groups in total. The van der Waals surface area contributed by atoms with Crippen LogP contribution < -0.4 is 5.32 Å². The largest absolute Gasteiger partial charge is 0.444 e. The van der Waals surface area contributed by atoms with Crippen LogP contribution >= 0.6 is 0 Å². The zero-order chi connectivity index (χ0) is 26.3. The van der Waals surface area contributed by atoms with Crippen LogP contribution in [0.25, 0.3) is 39.8 Å². The maximum absolute atomic E-state index is 12.6. The molecule has 1 aromatic carbocycles. The predicted molar refractivity (Wildman–Crippen MR) is 142 cm³/mol. The quantitative estimate of drug-likeness (QED) is 0.336. The molecule has 1 fully saturated rings. The van der Waals surface area contributed by atoms with E-state index < -0.39 is 17.2 Å². The van der Waals surface area contributed by atoms with Crippen LogP contribution in [-0.4, -0.2) is 46.4 Å². The molecule has 38 heavy (non-hydrogen) atoms. The van der Waals surface area contributed by atoms with Crippen molar-refractivity contribution in [2.24, 2.45) is 0 Å². The van der Waals surface area contributed by atoms with Gasteiger partial charge in [-0.2, -0.15) is 5.10 Å². The zero-order valence-corrected chi connectivity index (χ0v) is 21.5. The van der Waals surface area contributed by atoms with Gasteiger partial charge in [-0.3, -0.25) is 14.6 Å². The van der Waals surface area contributed by atoms with Gasteiger partial charge in [-0.25, -0.2) is 19.7 Å². The van der Waals surface area contributed by atoms with Crippen molar-refractivity contribution in [2.75, 3.05) is 0 Å². The minimum absolute atomic E-state index is 0.400. The lowest BCUT2D eigenvalue weighted by molar-refractivity contribution is 0.0377. The Hall–Kier alpha value is -4.60. The molecule has 6 rings (SSSR count). The van der Waals surface area contributed by atoms with Crippen LogP contribution in [0.15, 0.2) is 67.3 Å². The number of hydrogen-bond acceptors (Lipinski definition) is 7. The molecule has 0 unspecified atom stereocenters. The summed E-state index contributed by atoms with van der Waals surface area (Å²) in [5.74, 6) is 1.21. The standard InChI is InChI=1S/C28H28N8O2/c1-27(2,3)38-26(37)35-28(12-6-13-28)19-8-10-20(11-9-19)36-24(21-7-4-5-14-29-21)33-22-17-30-23(34-25(22)36)18-15-31-32-16-18/h4-5,7-11,14-17H,6,12-13H2,1-3H3,(H,31,32)(H,35,37). The van der Waals surface area contributed by atoms with Gasteiger partial charge in [-0.15, -0.1) is 0 Å². The first-order valence-corrected chi connectivity index (χ1v) is 12.6. The SMILES string of the molecule is CC(C)(C)OC(=O)NC1(c2ccc(-n3c(-c4ccccn4)nc4cnc(-c5cn[nH]c5)nc43)cc2)CCC1. The Morgan fingerprint density at radius 3 is 2.50 bits per heavy atom. The van der Waals surface area contributed by atoms with E-state index in [1.54, 1.807) is 24.8 Å².